The Hall–Kier alpha value is -2.64. The van der Waals surface area contributed by atoms with E-state index in [1.54, 1.807) is 12.4 Å². The number of hydrogen-bond acceptors (Lipinski definition) is 6. The topological polar surface area (TPSA) is 72.7 Å². The Morgan fingerprint density at radius 1 is 0.794 bits per heavy atom. The molecule has 1 fully saturated rings. The number of halogens is 2. The molecule has 8 heteroatoms. The second kappa shape index (κ2) is 9.19. The number of hydrogen-bond donors (Lipinski definition) is 2. The fraction of sp³-hybridized carbons (Fsp3) is 0.308. The highest BCUT2D eigenvalue weighted by atomic mass is 35.5. The fourth-order valence-corrected chi connectivity index (χ4v) is 5.43. The van der Waals surface area contributed by atoms with Gasteiger partial charge >= 0.3 is 0 Å². The van der Waals surface area contributed by atoms with Gasteiger partial charge in [-0.2, -0.15) is 0 Å². The number of benzene rings is 2. The first-order valence-corrected chi connectivity index (χ1v) is 12.1. The lowest BCUT2D eigenvalue weighted by atomic mass is 10.0. The smallest absolute Gasteiger partial charge is 0.146 e. The van der Waals surface area contributed by atoms with Crippen LogP contribution in [0.3, 0.4) is 0 Å². The molecule has 2 unspecified atom stereocenters. The van der Waals surface area contributed by atoms with E-state index in [1.165, 1.54) is 0 Å². The molecule has 0 saturated carbocycles. The quantitative estimate of drug-likeness (QED) is 0.383. The summed E-state index contributed by atoms with van der Waals surface area (Å²) in [5.41, 5.74) is 2.60. The second-order valence-electron chi connectivity index (χ2n) is 9.09. The summed E-state index contributed by atoms with van der Waals surface area (Å²) in [6, 6.07) is 11.5. The Bertz CT molecular complexity index is 1280. The lowest BCUT2D eigenvalue weighted by Gasteiger charge is -2.44. The van der Waals surface area contributed by atoms with Crippen molar-refractivity contribution in [3.05, 3.63) is 70.0 Å². The highest BCUT2D eigenvalue weighted by Gasteiger charge is 2.30. The molecule has 4 aromatic rings. The van der Waals surface area contributed by atoms with E-state index in [0.717, 1.165) is 35.0 Å². The van der Waals surface area contributed by atoms with Crippen molar-refractivity contribution in [2.45, 2.75) is 39.0 Å². The molecule has 0 aliphatic carbocycles. The van der Waals surface area contributed by atoms with E-state index >= 15 is 0 Å². The fourth-order valence-electron chi connectivity index (χ4n) is 4.86. The van der Waals surface area contributed by atoms with Crippen LogP contribution in [0.4, 0.5) is 0 Å². The summed E-state index contributed by atoms with van der Waals surface area (Å²) in [5, 5.41) is 24.4. The van der Waals surface area contributed by atoms with Gasteiger partial charge < -0.3 is 10.2 Å². The number of pyridine rings is 2. The first kappa shape index (κ1) is 23.1. The number of rotatable bonds is 4. The van der Waals surface area contributed by atoms with E-state index < -0.39 is 0 Å². The lowest BCUT2D eigenvalue weighted by Crippen LogP contribution is -2.55. The maximum atomic E-state index is 10.8. The van der Waals surface area contributed by atoms with Gasteiger partial charge in [-0.05, 0) is 50.2 Å². The highest BCUT2D eigenvalue weighted by Crippen LogP contribution is 2.36. The van der Waals surface area contributed by atoms with Gasteiger partial charge in [-0.1, -0.05) is 23.2 Å². The van der Waals surface area contributed by atoms with Crippen LogP contribution in [-0.2, 0) is 13.1 Å². The van der Waals surface area contributed by atoms with Crippen molar-refractivity contribution < 1.29 is 10.2 Å². The molecule has 1 aliphatic heterocycles. The van der Waals surface area contributed by atoms with Gasteiger partial charge in [0.1, 0.15) is 22.5 Å². The SMILES string of the molecule is CC1CN(Cc2cc(Cl)c3cccnc3c2O)C(C)CN1Cc1cc(Cl)c2cccnc2c1O. The Morgan fingerprint density at radius 2 is 1.21 bits per heavy atom. The highest BCUT2D eigenvalue weighted by molar-refractivity contribution is 6.36. The van der Waals surface area contributed by atoms with Gasteiger partial charge in [-0.15, -0.1) is 0 Å². The van der Waals surface area contributed by atoms with Crippen LogP contribution in [0.1, 0.15) is 25.0 Å². The predicted molar refractivity (Wildman–Crippen MR) is 137 cm³/mol. The molecular weight excluding hydrogens is 471 g/mol. The summed E-state index contributed by atoms with van der Waals surface area (Å²) in [4.78, 5) is 13.3. The summed E-state index contributed by atoms with van der Waals surface area (Å²) >= 11 is 13.0. The van der Waals surface area contributed by atoms with Gasteiger partial charge in [0.15, 0.2) is 0 Å². The maximum Gasteiger partial charge on any atom is 0.146 e. The molecule has 176 valence electrons. The number of phenolic OH excluding ortho intramolecular Hbond substituents is 2. The van der Waals surface area contributed by atoms with Crippen LogP contribution in [-0.4, -0.2) is 55.2 Å². The summed E-state index contributed by atoms with van der Waals surface area (Å²) in [6.45, 7) is 7.11. The third-order valence-corrected chi connectivity index (χ3v) is 7.41. The second-order valence-corrected chi connectivity index (χ2v) is 9.90. The van der Waals surface area contributed by atoms with Crippen molar-refractivity contribution in [1.29, 1.82) is 0 Å². The first-order valence-electron chi connectivity index (χ1n) is 11.3. The molecule has 0 radical (unpaired) electrons. The van der Waals surface area contributed by atoms with Crippen LogP contribution in [0.15, 0.2) is 48.8 Å². The summed E-state index contributed by atoms with van der Waals surface area (Å²) in [7, 11) is 0. The van der Waals surface area contributed by atoms with E-state index in [1.807, 2.05) is 36.4 Å². The number of fused-ring (bicyclic) bond motifs is 2. The molecule has 2 aromatic heterocycles. The monoisotopic (exact) mass is 496 g/mol. The molecule has 2 atom stereocenters. The minimum atomic E-state index is 0.186. The van der Waals surface area contributed by atoms with Crippen LogP contribution >= 0.6 is 23.2 Å². The van der Waals surface area contributed by atoms with Gasteiger partial charge in [-0.25, -0.2) is 0 Å². The zero-order valence-electron chi connectivity index (χ0n) is 19.0. The van der Waals surface area contributed by atoms with Crippen molar-refractivity contribution in [3.8, 4) is 11.5 Å². The maximum absolute atomic E-state index is 10.8. The predicted octanol–water partition coefficient (Wildman–Crippen LogP) is 5.60. The summed E-state index contributed by atoms with van der Waals surface area (Å²) < 4.78 is 0. The van der Waals surface area contributed by atoms with Crippen LogP contribution in [0.5, 0.6) is 11.5 Å². The normalized spacial score (nSPS) is 19.8. The third-order valence-electron chi connectivity index (χ3n) is 6.78. The molecule has 6 nitrogen and oxygen atoms in total. The Morgan fingerprint density at radius 3 is 1.62 bits per heavy atom. The zero-order valence-corrected chi connectivity index (χ0v) is 20.6. The Balaban J connectivity index is 1.35. The minimum absolute atomic E-state index is 0.186. The average Bonchev–Trinajstić information content (AvgIpc) is 2.83. The van der Waals surface area contributed by atoms with Gasteiger partial charge in [-0.3, -0.25) is 19.8 Å². The van der Waals surface area contributed by atoms with E-state index in [-0.39, 0.29) is 23.6 Å². The van der Waals surface area contributed by atoms with Gasteiger partial charge in [0.2, 0.25) is 0 Å². The number of aromatic nitrogens is 2. The molecule has 2 N–H and O–H groups in total. The molecule has 1 aliphatic rings. The van der Waals surface area contributed by atoms with Crippen molar-refractivity contribution in [2.75, 3.05) is 13.1 Å². The van der Waals surface area contributed by atoms with Gasteiger partial charge in [0.05, 0.1) is 10.0 Å². The first-order chi connectivity index (χ1) is 16.3. The number of nitrogens with zero attached hydrogens (tertiary/aromatic N) is 4. The van der Waals surface area contributed by atoms with Gasteiger partial charge in [0.25, 0.3) is 0 Å². The summed E-state index contributed by atoms with van der Waals surface area (Å²) in [6.07, 6.45) is 3.32. The van der Waals surface area contributed by atoms with Crippen LogP contribution < -0.4 is 0 Å². The molecule has 5 rings (SSSR count). The molecule has 2 aromatic carbocycles. The lowest BCUT2D eigenvalue weighted by molar-refractivity contribution is 0.0321. The van der Waals surface area contributed by atoms with Crippen LogP contribution in [0.25, 0.3) is 21.8 Å². The molecule has 0 bridgehead atoms. The molecule has 34 heavy (non-hydrogen) atoms. The number of aromatic hydroxyl groups is 2. The molecular formula is C26H26Cl2N4O2. The van der Waals surface area contributed by atoms with Crippen LogP contribution in [0, 0.1) is 0 Å². The Labute approximate surface area is 208 Å². The van der Waals surface area contributed by atoms with E-state index in [2.05, 4.69) is 33.6 Å². The van der Waals surface area contributed by atoms with Crippen molar-refractivity contribution in [2.24, 2.45) is 0 Å². The third kappa shape index (κ3) is 4.16. The number of phenols is 2. The van der Waals surface area contributed by atoms with Crippen molar-refractivity contribution in [3.63, 3.8) is 0 Å². The van der Waals surface area contributed by atoms with E-state index in [9.17, 15) is 10.2 Å². The van der Waals surface area contributed by atoms with Gasteiger partial charge in [0, 0.05) is 72.6 Å². The standard InChI is InChI=1S/C26H26Cl2N4O2/c1-15-11-32(14-18-10-22(28)20-6-4-8-30-24(20)26(18)34)16(2)12-31(15)13-17-9-21(27)19-5-3-7-29-23(19)25(17)33/h3-10,15-16,33-34H,11-14H2,1-2H3. The molecule has 3 heterocycles. The zero-order chi connectivity index (χ0) is 24.0. The number of piperazine rings is 1. The Kier molecular flexibility index (Phi) is 6.25. The van der Waals surface area contributed by atoms with Crippen LogP contribution in [0.2, 0.25) is 10.0 Å². The van der Waals surface area contributed by atoms with Crippen molar-refractivity contribution >= 4 is 45.0 Å². The molecule has 0 spiro atoms. The summed E-state index contributed by atoms with van der Waals surface area (Å²) in [5.74, 6) is 0.371. The minimum Gasteiger partial charge on any atom is -0.505 e. The molecule has 1 saturated heterocycles. The molecule has 0 amide bonds. The largest absolute Gasteiger partial charge is 0.505 e. The van der Waals surface area contributed by atoms with E-state index in [0.29, 0.717) is 34.2 Å². The van der Waals surface area contributed by atoms with E-state index in [4.69, 9.17) is 23.2 Å². The average molecular weight is 497 g/mol. The van der Waals surface area contributed by atoms with Crippen molar-refractivity contribution in [1.82, 2.24) is 19.8 Å².